The fraction of sp³-hybridized carbons (Fsp3) is 0.364. The highest BCUT2D eigenvalue weighted by Crippen LogP contribution is 2.18. The third-order valence-electron chi connectivity index (χ3n) is 4.84. The van der Waals surface area contributed by atoms with Crippen LogP contribution in [0.1, 0.15) is 18.1 Å². The van der Waals surface area contributed by atoms with Gasteiger partial charge in [-0.1, -0.05) is 36.4 Å². The van der Waals surface area contributed by atoms with E-state index in [4.69, 9.17) is 4.74 Å². The van der Waals surface area contributed by atoms with Crippen LogP contribution in [-0.2, 0) is 17.8 Å². The summed E-state index contributed by atoms with van der Waals surface area (Å²) in [5.41, 5.74) is 2.51. The molecule has 2 N–H and O–H groups in total. The van der Waals surface area contributed by atoms with Crippen molar-refractivity contribution in [1.82, 2.24) is 15.5 Å². The normalized spacial score (nSPS) is 14.2. The molecule has 1 aliphatic heterocycles. The van der Waals surface area contributed by atoms with E-state index in [9.17, 15) is 9.18 Å². The second kappa shape index (κ2) is 11.7. The number of fused-ring (bicyclic) bond motifs is 1. The summed E-state index contributed by atoms with van der Waals surface area (Å²) in [6.07, 6.45) is 0.597. The van der Waals surface area contributed by atoms with E-state index in [0.29, 0.717) is 19.0 Å². The lowest BCUT2D eigenvalue weighted by Gasteiger charge is -2.29. The highest BCUT2D eigenvalue weighted by atomic mass is 127. The number of ether oxygens (including phenoxy) is 1. The summed E-state index contributed by atoms with van der Waals surface area (Å²) in [6, 6.07) is 14.5. The van der Waals surface area contributed by atoms with Gasteiger partial charge in [-0.05, 0) is 36.6 Å². The molecule has 0 radical (unpaired) electrons. The Balaban J connectivity index is 0.00000320. The molecule has 1 amide bonds. The molecular weight excluding hydrogens is 498 g/mol. The van der Waals surface area contributed by atoms with Crippen molar-refractivity contribution < 1.29 is 13.9 Å². The van der Waals surface area contributed by atoms with E-state index in [1.165, 1.54) is 17.2 Å². The fourth-order valence-electron chi connectivity index (χ4n) is 3.24. The first-order valence-electron chi connectivity index (χ1n) is 9.77. The van der Waals surface area contributed by atoms with Crippen LogP contribution in [0.15, 0.2) is 53.5 Å². The van der Waals surface area contributed by atoms with Gasteiger partial charge in [-0.25, -0.2) is 4.39 Å². The molecule has 2 aromatic carbocycles. The van der Waals surface area contributed by atoms with Crippen LogP contribution in [0.2, 0.25) is 0 Å². The van der Waals surface area contributed by atoms with Gasteiger partial charge in [0.2, 0.25) is 5.91 Å². The van der Waals surface area contributed by atoms with Crippen LogP contribution in [-0.4, -0.2) is 49.6 Å². The van der Waals surface area contributed by atoms with Gasteiger partial charge in [-0.2, -0.15) is 0 Å². The van der Waals surface area contributed by atoms with E-state index in [2.05, 4.69) is 27.8 Å². The summed E-state index contributed by atoms with van der Waals surface area (Å²) in [6.45, 7) is 3.76. The van der Waals surface area contributed by atoms with E-state index in [1.54, 1.807) is 25.2 Å². The number of hydrogen-bond donors (Lipinski definition) is 2. The Kier molecular flexibility index (Phi) is 9.35. The fourth-order valence-corrected chi connectivity index (χ4v) is 3.24. The Morgan fingerprint density at radius 1 is 1.17 bits per heavy atom. The van der Waals surface area contributed by atoms with E-state index in [-0.39, 0.29) is 48.3 Å². The highest BCUT2D eigenvalue weighted by molar-refractivity contribution is 14.0. The van der Waals surface area contributed by atoms with Crippen molar-refractivity contribution in [1.29, 1.82) is 0 Å². The molecule has 1 atom stereocenters. The monoisotopic (exact) mass is 526 g/mol. The summed E-state index contributed by atoms with van der Waals surface area (Å²) in [4.78, 5) is 18.5. The number of para-hydroxylation sites is 1. The Bertz CT molecular complexity index is 878. The van der Waals surface area contributed by atoms with Crippen LogP contribution in [0.25, 0.3) is 0 Å². The zero-order valence-electron chi connectivity index (χ0n) is 17.2. The first kappa shape index (κ1) is 23.9. The molecule has 162 valence electrons. The molecule has 0 saturated carbocycles. The predicted molar refractivity (Wildman–Crippen MR) is 127 cm³/mol. The number of halogens is 2. The number of nitrogens with zero attached hydrogens (tertiary/aromatic N) is 2. The first-order valence-corrected chi connectivity index (χ1v) is 9.77. The van der Waals surface area contributed by atoms with E-state index in [1.807, 2.05) is 24.0 Å². The molecule has 0 spiro atoms. The average molecular weight is 526 g/mol. The van der Waals surface area contributed by atoms with Gasteiger partial charge < -0.3 is 20.3 Å². The second-order valence-corrected chi connectivity index (χ2v) is 7.00. The van der Waals surface area contributed by atoms with Crippen LogP contribution in [0, 0.1) is 5.82 Å². The number of benzene rings is 2. The molecule has 6 nitrogen and oxygen atoms in total. The third kappa shape index (κ3) is 6.58. The van der Waals surface area contributed by atoms with Crippen molar-refractivity contribution in [3.8, 4) is 5.75 Å². The molecular formula is C22H28FIN4O2. The van der Waals surface area contributed by atoms with Crippen LogP contribution in [0.3, 0.4) is 0 Å². The Hall–Kier alpha value is -2.36. The van der Waals surface area contributed by atoms with Gasteiger partial charge in [0, 0.05) is 20.1 Å². The second-order valence-electron chi connectivity index (χ2n) is 7.00. The van der Waals surface area contributed by atoms with E-state index >= 15 is 0 Å². The largest absolute Gasteiger partial charge is 0.486 e. The lowest BCUT2D eigenvalue weighted by molar-refractivity contribution is -0.130. The Labute approximate surface area is 193 Å². The molecule has 8 heteroatoms. The van der Waals surface area contributed by atoms with Crippen molar-refractivity contribution in [2.75, 3.05) is 26.7 Å². The number of nitrogens with one attached hydrogen (secondary N) is 2. The number of guanidine groups is 1. The number of amides is 1. The van der Waals surface area contributed by atoms with Gasteiger partial charge in [0.05, 0.1) is 13.1 Å². The van der Waals surface area contributed by atoms with Crippen molar-refractivity contribution in [3.05, 3.63) is 65.5 Å². The zero-order chi connectivity index (χ0) is 20.6. The SMILES string of the molecule is CN=C(NCC(=O)N1CCc2ccccc2C1)NCC(C)Oc1ccccc1F.I. The van der Waals surface area contributed by atoms with Crippen LogP contribution < -0.4 is 15.4 Å². The molecule has 30 heavy (non-hydrogen) atoms. The van der Waals surface area contributed by atoms with Crippen LogP contribution >= 0.6 is 24.0 Å². The maximum absolute atomic E-state index is 13.7. The number of aliphatic imine (C=N–C) groups is 1. The minimum Gasteiger partial charge on any atom is -0.486 e. The molecule has 0 fully saturated rings. The van der Waals surface area contributed by atoms with Crippen LogP contribution in [0.4, 0.5) is 4.39 Å². The minimum atomic E-state index is -0.393. The first-order chi connectivity index (χ1) is 14.1. The smallest absolute Gasteiger partial charge is 0.242 e. The zero-order valence-corrected chi connectivity index (χ0v) is 19.6. The lowest BCUT2D eigenvalue weighted by atomic mass is 10.00. The lowest BCUT2D eigenvalue weighted by Crippen LogP contribution is -2.47. The molecule has 0 saturated heterocycles. The van der Waals surface area contributed by atoms with Crippen LogP contribution in [0.5, 0.6) is 5.75 Å². The number of hydrogen-bond acceptors (Lipinski definition) is 3. The molecule has 0 bridgehead atoms. The summed E-state index contributed by atoms with van der Waals surface area (Å²) < 4.78 is 19.3. The Morgan fingerprint density at radius 3 is 2.60 bits per heavy atom. The van der Waals surface area contributed by atoms with Gasteiger partial charge in [0.25, 0.3) is 0 Å². The number of carbonyl (C=O) groups is 1. The van der Waals surface area contributed by atoms with Crippen molar-refractivity contribution >= 4 is 35.8 Å². The third-order valence-corrected chi connectivity index (χ3v) is 4.84. The van der Waals surface area contributed by atoms with Crippen molar-refractivity contribution in [2.45, 2.75) is 26.0 Å². The van der Waals surface area contributed by atoms with E-state index in [0.717, 1.165) is 13.0 Å². The quantitative estimate of drug-likeness (QED) is 0.345. The standard InChI is InChI=1S/C22H27FN4O2.HI/c1-16(29-20-10-6-5-9-19(20)23)13-25-22(24-2)26-14-21(28)27-12-11-17-7-3-4-8-18(17)15-27;/h3-10,16H,11-15H2,1-2H3,(H2,24,25,26);1H. The van der Waals surface area contributed by atoms with Gasteiger partial charge in [-0.3, -0.25) is 9.79 Å². The Morgan fingerprint density at radius 2 is 1.87 bits per heavy atom. The maximum Gasteiger partial charge on any atom is 0.242 e. The highest BCUT2D eigenvalue weighted by Gasteiger charge is 2.20. The van der Waals surface area contributed by atoms with Crippen molar-refractivity contribution in [3.63, 3.8) is 0 Å². The molecule has 1 unspecified atom stereocenters. The van der Waals surface area contributed by atoms with Gasteiger partial charge in [-0.15, -0.1) is 24.0 Å². The molecule has 2 aromatic rings. The molecule has 1 aliphatic rings. The average Bonchev–Trinajstić information content (AvgIpc) is 2.75. The summed E-state index contributed by atoms with van der Waals surface area (Å²) in [5, 5.41) is 6.14. The van der Waals surface area contributed by atoms with Gasteiger partial charge in [0.1, 0.15) is 6.10 Å². The number of carbonyl (C=O) groups excluding carboxylic acids is 1. The number of rotatable bonds is 6. The van der Waals surface area contributed by atoms with E-state index < -0.39 is 5.82 Å². The molecule has 1 heterocycles. The summed E-state index contributed by atoms with van der Waals surface area (Å²) in [5.74, 6) is 0.346. The van der Waals surface area contributed by atoms with Gasteiger partial charge in [0.15, 0.2) is 17.5 Å². The van der Waals surface area contributed by atoms with Gasteiger partial charge >= 0.3 is 0 Å². The predicted octanol–water partition coefficient (Wildman–Crippen LogP) is 2.96. The molecule has 0 aromatic heterocycles. The maximum atomic E-state index is 13.7. The topological polar surface area (TPSA) is 66.0 Å². The molecule has 3 rings (SSSR count). The van der Waals surface area contributed by atoms with Crippen molar-refractivity contribution in [2.24, 2.45) is 4.99 Å². The molecule has 0 aliphatic carbocycles. The summed E-state index contributed by atoms with van der Waals surface area (Å²) in [7, 11) is 1.64. The summed E-state index contributed by atoms with van der Waals surface area (Å²) >= 11 is 0. The minimum absolute atomic E-state index is 0.